The van der Waals surface area contributed by atoms with Gasteiger partial charge in [0.15, 0.2) is 0 Å². The number of cyclic esters (lactones) is 1. The second kappa shape index (κ2) is 4.08. The van der Waals surface area contributed by atoms with E-state index in [1.165, 1.54) is 4.90 Å². The highest BCUT2D eigenvalue weighted by molar-refractivity contribution is 5.95. The summed E-state index contributed by atoms with van der Waals surface area (Å²) < 4.78 is 4.83. The Morgan fingerprint density at radius 3 is 2.71 bits per heavy atom. The zero-order valence-electron chi connectivity index (χ0n) is 9.58. The minimum Gasteiger partial charge on any atom is -0.478 e. The van der Waals surface area contributed by atoms with Crippen LogP contribution in [-0.4, -0.2) is 29.3 Å². The van der Waals surface area contributed by atoms with E-state index in [1.807, 2.05) is 25.1 Å². The first-order valence-corrected chi connectivity index (χ1v) is 5.30. The summed E-state index contributed by atoms with van der Waals surface area (Å²) in [7, 11) is 0. The van der Waals surface area contributed by atoms with E-state index in [4.69, 9.17) is 9.84 Å². The first-order valence-electron chi connectivity index (χ1n) is 5.30. The molecule has 1 amide bonds. The summed E-state index contributed by atoms with van der Waals surface area (Å²) in [4.78, 5) is 23.9. The van der Waals surface area contributed by atoms with Gasteiger partial charge in [-0.2, -0.15) is 0 Å². The number of nitrogens with zero attached hydrogens (tertiary/aromatic N) is 1. The fourth-order valence-corrected chi connectivity index (χ4v) is 1.94. The topological polar surface area (TPSA) is 66.8 Å². The molecule has 0 spiro atoms. The van der Waals surface area contributed by atoms with Crippen LogP contribution < -0.4 is 4.90 Å². The first-order chi connectivity index (χ1) is 8.00. The van der Waals surface area contributed by atoms with E-state index in [0.717, 1.165) is 5.56 Å². The number of anilines is 1. The molecule has 1 aliphatic heterocycles. The van der Waals surface area contributed by atoms with Gasteiger partial charge in [0.2, 0.25) is 6.10 Å². The molecule has 0 aliphatic carbocycles. The normalized spacial score (nSPS) is 23.6. The van der Waals surface area contributed by atoms with Crippen molar-refractivity contribution in [3.05, 3.63) is 29.8 Å². The maximum absolute atomic E-state index is 11.7. The van der Waals surface area contributed by atoms with E-state index in [0.29, 0.717) is 5.69 Å². The molecule has 1 aliphatic rings. The quantitative estimate of drug-likeness (QED) is 0.848. The van der Waals surface area contributed by atoms with Crippen LogP contribution in [0.2, 0.25) is 0 Å². The molecule has 2 atom stereocenters. The second-order valence-corrected chi connectivity index (χ2v) is 4.09. The monoisotopic (exact) mass is 235 g/mol. The average Bonchev–Trinajstić information content (AvgIpc) is 2.54. The Bertz CT molecular complexity index is 471. The predicted octanol–water partition coefficient (Wildman–Crippen LogP) is 1.79. The largest absolute Gasteiger partial charge is 0.478 e. The molecule has 0 radical (unpaired) electrons. The van der Waals surface area contributed by atoms with Gasteiger partial charge < -0.3 is 9.84 Å². The molecular weight excluding hydrogens is 222 g/mol. The summed E-state index contributed by atoms with van der Waals surface area (Å²) in [6.07, 6.45) is -1.72. The molecule has 0 saturated carbocycles. The van der Waals surface area contributed by atoms with Crippen LogP contribution in [-0.2, 0) is 9.53 Å². The zero-order chi connectivity index (χ0) is 12.6. The average molecular weight is 235 g/mol. The summed E-state index contributed by atoms with van der Waals surface area (Å²) in [6, 6.07) is 6.79. The van der Waals surface area contributed by atoms with Gasteiger partial charge in [0.1, 0.15) is 0 Å². The zero-order valence-corrected chi connectivity index (χ0v) is 9.58. The molecule has 5 nitrogen and oxygen atoms in total. The molecule has 0 bridgehead atoms. The smallest absolute Gasteiger partial charge is 0.415 e. The SMILES string of the molecule is Cc1cccc(N2C(=O)OC(C(=O)O)C2C)c1. The summed E-state index contributed by atoms with van der Waals surface area (Å²) in [5.41, 5.74) is 1.66. The van der Waals surface area contributed by atoms with Crippen molar-refractivity contribution < 1.29 is 19.4 Å². The number of carboxylic acid groups (broad SMARTS) is 1. The van der Waals surface area contributed by atoms with Crippen molar-refractivity contribution in [3.8, 4) is 0 Å². The second-order valence-electron chi connectivity index (χ2n) is 4.09. The Labute approximate surface area is 98.6 Å². The third kappa shape index (κ3) is 1.95. The number of hydrogen-bond acceptors (Lipinski definition) is 3. The highest BCUT2D eigenvalue weighted by Crippen LogP contribution is 2.27. The Kier molecular flexibility index (Phi) is 2.75. The van der Waals surface area contributed by atoms with E-state index >= 15 is 0 Å². The van der Waals surface area contributed by atoms with Crippen LogP contribution in [0.15, 0.2) is 24.3 Å². The molecule has 90 valence electrons. The minimum absolute atomic E-state index is 0.512. The number of aryl methyl sites for hydroxylation is 1. The van der Waals surface area contributed by atoms with Gasteiger partial charge >= 0.3 is 12.1 Å². The number of aliphatic carboxylic acids is 1. The number of hydrogen-bond donors (Lipinski definition) is 1. The fourth-order valence-electron chi connectivity index (χ4n) is 1.94. The van der Waals surface area contributed by atoms with Crippen LogP contribution in [0.3, 0.4) is 0 Å². The Morgan fingerprint density at radius 1 is 1.47 bits per heavy atom. The summed E-state index contributed by atoms with van der Waals surface area (Å²) in [5, 5.41) is 8.92. The van der Waals surface area contributed by atoms with E-state index in [-0.39, 0.29) is 0 Å². The standard InChI is InChI=1S/C12H13NO4/c1-7-4-3-5-9(6-7)13-8(2)10(11(14)15)17-12(13)16/h3-6,8,10H,1-2H3,(H,14,15). The molecule has 1 saturated heterocycles. The lowest BCUT2D eigenvalue weighted by Crippen LogP contribution is -2.37. The number of carboxylic acids is 1. The van der Waals surface area contributed by atoms with Gasteiger partial charge in [0.05, 0.1) is 6.04 Å². The molecule has 1 fully saturated rings. The van der Waals surface area contributed by atoms with Gasteiger partial charge in [-0.25, -0.2) is 9.59 Å². The Hall–Kier alpha value is -2.04. The van der Waals surface area contributed by atoms with Crippen LogP contribution in [0.25, 0.3) is 0 Å². The van der Waals surface area contributed by atoms with Crippen LogP contribution >= 0.6 is 0 Å². The molecule has 5 heteroatoms. The Balaban J connectivity index is 2.33. The van der Waals surface area contributed by atoms with Crippen molar-refractivity contribution in [2.24, 2.45) is 0 Å². The maximum atomic E-state index is 11.7. The number of amides is 1. The van der Waals surface area contributed by atoms with Gasteiger partial charge in [-0.05, 0) is 31.5 Å². The lowest BCUT2D eigenvalue weighted by Gasteiger charge is -2.19. The van der Waals surface area contributed by atoms with Crippen LogP contribution in [0.1, 0.15) is 12.5 Å². The number of ether oxygens (including phenoxy) is 1. The minimum atomic E-state index is -1.12. The molecule has 1 aromatic carbocycles. The summed E-state index contributed by atoms with van der Waals surface area (Å²) in [6.45, 7) is 3.57. The molecule has 17 heavy (non-hydrogen) atoms. The third-order valence-electron chi connectivity index (χ3n) is 2.79. The summed E-state index contributed by atoms with van der Waals surface area (Å²) in [5.74, 6) is -1.12. The third-order valence-corrected chi connectivity index (χ3v) is 2.79. The van der Waals surface area contributed by atoms with E-state index in [1.54, 1.807) is 13.0 Å². The highest BCUT2D eigenvalue weighted by Gasteiger charge is 2.43. The number of benzene rings is 1. The number of rotatable bonds is 2. The molecule has 2 rings (SSSR count). The fraction of sp³-hybridized carbons (Fsp3) is 0.333. The van der Waals surface area contributed by atoms with Crippen molar-refractivity contribution in [2.75, 3.05) is 4.90 Å². The predicted molar refractivity (Wildman–Crippen MR) is 61.0 cm³/mol. The van der Waals surface area contributed by atoms with E-state index in [9.17, 15) is 9.59 Å². The van der Waals surface area contributed by atoms with Crippen molar-refractivity contribution in [3.63, 3.8) is 0 Å². The molecular formula is C12H13NO4. The van der Waals surface area contributed by atoms with Crippen molar-refractivity contribution in [1.82, 2.24) is 0 Å². The lowest BCUT2D eigenvalue weighted by atomic mass is 10.1. The molecule has 1 heterocycles. The number of carbonyl (C=O) groups excluding carboxylic acids is 1. The van der Waals surface area contributed by atoms with Crippen LogP contribution in [0.5, 0.6) is 0 Å². The van der Waals surface area contributed by atoms with Crippen molar-refractivity contribution in [1.29, 1.82) is 0 Å². The van der Waals surface area contributed by atoms with E-state index < -0.39 is 24.2 Å². The van der Waals surface area contributed by atoms with Crippen LogP contribution in [0.4, 0.5) is 10.5 Å². The molecule has 0 aromatic heterocycles. The van der Waals surface area contributed by atoms with Crippen molar-refractivity contribution >= 4 is 17.7 Å². The molecule has 1 N–H and O–H groups in total. The van der Waals surface area contributed by atoms with Crippen LogP contribution in [0, 0.1) is 6.92 Å². The molecule has 2 unspecified atom stereocenters. The van der Waals surface area contributed by atoms with Gasteiger partial charge in [-0.1, -0.05) is 12.1 Å². The lowest BCUT2D eigenvalue weighted by molar-refractivity contribution is -0.145. The first kappa shape index (κ1) is 11.4. The van der Waals surface area contributed by atoms with Gasteiger partial charge in [-0.15, -0.1) is 0 Å². The van der Waals surface area contributed by atoms with Gasteiger partial charge in [0.25, 0.3) is 0 Å². The van der Waals surface area contributed by atoms with Gasteiger partial charge in [0, 0.05) is 5.69 Å². The highest BCUT2D eigenvalue weighted by atomic mass is 16.6. The maximum Gasteiger partial charge on any atom is 0.415 e. The van der Waals surface area contributed by atoms with E-state index in [2.05, 4.69) is 0 Å². The molecule has 1 aromatic rings. The summed E-state index contributed by atoms with van der Waals surface area (Å²) >= 11 is 0. The van der Waals surface area contributed by atoms with Gasteiger partial charge in [-0.3, -0.25) is 4.90 Å². The Morgan fingerprint density at radius 2 is 2.18 bits per heavy atom. The van der Waals surface area contributed by atoms with Crippen molar-refractivity contribution in [2.45, 2.75) is 26.0 Å². The number of carbonyl (C=O) groups is 2.